The fourth-order valence-electron chi connectivity index (χ4n) is 2.60. The molecule has 1 amide bonds. The lowest BCUT2D eigenvalue weighted by Crippen LogP contribution is -2.14. The lowest BCUT2D eigenvalue weighted by Gasteiger charge is -2.14. The Bertz CT molecular complexity index is 885. The van der Waals surface area contributed by atoms with E-state index in [0.29, 0.717) is 5.56 Å². The molecule has 0 heterocycles. The number of anilines is 3. The molecule has 0 spiro atoms. The quantitative estimate of drug-likeness (QED) is 0.629. The number of hydrogen-bond acceptors (Lipinski definition) is 2. The summed E-state index contributed by atoms with van der Waals surface area (Å²) in [6.45, 7) is 1.94. The Hall–Kier alpha value is -3.33. The molecule has 25 heavy (non-hydrogen) atoms. The highest BCUT2D eigenvalue weighted by atomic mass is 16.1. The van der Waals surface area contributed by atoms with Crippen LogP contribution in [0.15, 0.2) is 84.9 Å². The van der Waals surface area contributed by atoms with Crippen molar-refractivity contribution in [2.75, 3.05) is 10.6 Å². The Kier molecular flexibility index (Phi) is 5.27. The van der Waals surface area contributed by atoms with Gasteiger partial charge in [-0.25, -0.2) is 0 Å². The van der Waals surface area contributed by atoms with Gasteiger partial charge in [-0.3, -0.25) is 4.79 Å². The van der Waals surface area contributed by atoms with Crippen molar-refractivity contribution >= 4 is 29.0 Å². The van der Waals surface area contributed by atoms with E-state index in [0.717, 1.165) is 22.6 Å². The minimum absolute atomic E-state index is 0.129. The fraction of sp³-hybridized carbons (Fsp3) is 0.0455. The summed E-state index contributed by atoms with van der Waals surface area (Å²) in [5.74, 6) is -0.129. The second-order valence-electron chi connectivity index (χ2n) is 5.58. The van der Waals surface area contributed by atoms with Crippen LogP contribution in [0, 0.1) is 0 Å². The van der Waals surface area contributed by atoms with Gasteiger partial charge in [0.05, 0.1) is 11.4 Å². The van der Waals surface area contributed by atoms with Crippen LogP contribution in [0.1, 0.15) is 22.8 Å². The molecule has 0 saturated heterocycles. The Balaban J connectivity index is 1.85. The van der Waals surface area contributed by atoms with Gasteiger partial charge in [0.15, 0.2) is 0 Å². The third-order valence-corrected chi connectivity index (χ3v) is 3.78. The average Bonchev–Trinajstić information content (AvgIpc) is 2.65. The maximum atomic E-state index is 12.7. The van der Waals surface area contributed by atoms with Gasteiger partial charge in [-0.15, -0.1) is 0 Å². The number of para-hydroxylation sites is 3. The van der Waals surface area contributed by atoms with E-state index in [4.69, 9.17) is 0 Å². The maximum absolute atomic E-state index is 12.7. The summed E-state index contributed by atoms with van der Waals surface area (Å²) >= 11 is 0. The van der Waals surface area contributed by atoms with Crippen LogP contribution in [0.25, 0.3) is 6.08 Å². The molecule has 2 N–H and O–H groups in total. The Morgan fingerprint density at radius 2 is 1.44 bits per heavy atom. The third-order valence-electron chi connectivity index (χ3n) is 3.78. The van der Waals surface area contributed by atoms with E-state index in [2.05, 4.69) is 10.6 Å². The molecule has 0 atom stereocenters. The fourth-order valence-corrected chi connectivity index (χ4v) is 2.60. The number of carbonyl (C=O) groups excluding carboxylic acids is 1. The number of hydrogen-bond donors (Lipinski definition) is 2. The second kappa shape index (κ2) is 7.97. The van der Waals surface area contributed by atoms with E-state index in [1.54, 1.807) is 0 Å². The zero-order valence-corrected chi connectivity index (χ0v) is 14.1. The first-order valence-electron chi connectivity index (χ1n) is 8.22. The van der Waals surface area contributed by atoms with Crippen molar-refractivity contribution < 1.29 is 4.79 Å². The first-order chi connectivity index (χ1) is 12.3. The number of benzene rings is 3. The monoisotopic (exact) mass is 328 g/mol. The topological polar surface area (TPSA) is 41.1 Å². The van der Waals surface area contributed by atoms with Crippen molar-refractivity contribution in [3.63, 3.8) is 0 Å². The van der Waals surface area contributed by atoms with Crippen LogP contribution in [0.4, 0.5) is 17.1 Å². The van der Waals surface area contributed by atoms with Crippen molar-refractivity contribution in [2.45, 2.75) is 6.92 Å². The van der Waals surface area contributed by atoms with Crippen LogP contribution in [-0.2, 0) is 0 Å². The van der Waals surface area contributed by atoms with Crippen LogP contribution in [0.5, 0.6) is 0 Å². The molecular weight excluding hydrogens is 308 g/mol. The second-order valence-corrected chi connectivity index (χ2v) is 5.58. The summed E-state index contributed by atoms with van der Waals surface area (Å²) in [5.41, 5.74) is 4.11. The summed E-state index contributed by atoms with van der Waals surface area (Å²) in [5, 5.41) is 6.35. The van der Waals surface area contributed by atoms with Crippen molar-refractivity contribution in [3.05, 3.63) is 96.1 Å². The lowest BCUT2D eigenvalue weighted by atomic mass is 10.1. The molecule has 3 aromatic rings. The minimum Gasteiger partial charge on any atom is -0.354 e. The van der Waals surface area contributed by atoms with Gasteiger partial charge >= 0.3 is 0 Å². The molecule has 3 nitrogen and oxygen atoms in total. The zero-order chi connectivity index (χ0) is 17.5. The van der Waals surface area contributed by atoms with Crippen molar-refractivity contribution in [2.24, 2.45) is 0 Å². The Morgan fingerprint density at radius 3 is 2.20 bits per heavy atom. The SMILES string of the molecule is CC=Cc1ccccc1C(=O)Nc1ccccc1Nc1ccccc1. The molecule has 0 aliphatic rings. The molecular formula is C22H20N2O. The average molecular weight is 328 g/mol. The number of allylic oxidation sites excluding steroid dienone is 1. The summed E-state index contributed by atoms with van der Waals surface area (Å²) in [6, 6.07) is 25.1. The van der Waals surface area contributed by atoms with Crippen molar-refractivity contribution in [3.8, 4) is 0 Å². The lowest BCUT2D eigenvalue weighted by molar-refractivity contribution is 0.102. The molecule has 0 bridgehead atoms. The van der Waals surface area contributed by atoms with Gasteiger partial charge in [0.1, 0.15) is 0 Å². The molecule has 3 aromatic carbocycles. The molecule has 124 valence electrons. The summed E-state index contributed by atoms with van der Waals surface area (Å²) in [6.07, 6.45) is 3.86. The van der Waals surface area contributed by atoms with Crippen LogP contribution >= 0.6 is 0 Å². The summed E-state index contributed by atoms with van der Waals surface area (Å²) in [4.78, 5) is 12.7. The van der Waals surface area contributed by atoms with E-state index < -0.39 is 0 Å². The summed E-state index contributed by atoms with van der Waals surface area (Å²) < 4.78 is 0. The van der Waals surface area contributed by atoms with Gasteiger partial charge in [-0.05, 0) is 42.8 Å². The van der Waals surface area contributed by atoms with E-state index in [1.807, 2.05) is 97.9 Å². The van der Waals surface area contributed by atoms with E-state index >= 15 is 0 Å². The molecule has 0 aliphatic heterocycles. The first kappa shape index (κ1) is 16.5. The highest BCUT2D eigenvalue weighted by molar-refractivity contribution is 6.08. The minimum atomic E-state index is -0.129. The van der Waals surface area contributed by atoms with Gasteiger partial charge in [-0.1, -0.05) is 60.7 Å². The normalized spacial score (nSPS) is 10.6. The highest BCUT2D eigenvalue weighted by Gasteiger charge is 2.11. The zero-order valence-electron chi connectivity index (χ0n) is 14.1. The summed E-state index contributed by atoms with van der Waals surface area (Å²) in [7, 11) is 0. The third kappa shape index (κ3) is 4.15. The Morgan fingerprint density at radius 1 is 0.800 bits per heavy atom. The van der Waals surface area contributed by atoms with E-state index in [1.165, 1.54) is 0 Å². The van der Waals surface area contributed by atoms with E-state index in [9.17, 15) is 4.79 Å². The molecule has 3 heteroatoms. The van der Waals surface area contributed by atoms with Crippen LogP contribution in [0.2, 0.25) is 0 Å². The van der Waals surface area contributed by atoms with Gasteiger partial charge in [0, 0.05) is 11.3 Å². The predicted octanol–water partition coefficient (Wildman–Crippen LogP) is 5.72. The molecule has 3 rings (SSSR count). The van der Waals surface area contributed by atoms with Gasteiger partial charge in [0.25, 0.3) is 5.91 Å². The maximum Gasteiger partial charge on any atom is 0.256 e. The van der Waals surface area contributed by atoms with Crippen molar-refractivity contribution in [1.82, 2.24) is 0 Å². The van der Waals surface area contributed by atoms with Gasteiger partial charge in [0.2, 0.25) is 0 Å². The first-order valence-corrected chi connectivity index (χ1v) is 8.22. The Labute approximate surface area is 148 Å². The largest absolute Gasteiger partial charge is 0.354 e. The van der Waals surface area contributed by atoms with E-state index in [-0.39, 0.29) is 5.91 Å². The molecule has 0 fully saturated rings. The smallest absolute Gasteiger partial charge is 0.256 e. The molecule has 0 aromatic heterocycles. The molecule has 0 radical (unpaired) electrons. The molecule has 0 unspecified atom stereocenters. The van der Waals surface area contributed by atoms with Crippen molar-refractivity contribution in [1.29, 1.82) is 0 Å². The number of carbonyl (C=O) groups is 1. The van der Waals surface area contributed by atoms with Crippen LogP contribution in [0.3, 0.4) is 0 Å². The number of amides is 1. The van der Waals surface area contributed by atoms with Gasteiger partial charge < -0.3 is 10.6 Å². The molecule has 0 aliphatic carbocycles. The standard InChI is InChI=1S/C22H20N2O/c1-2-10-17-11-6-7-14-19(17)22(25)24-21-16-9-8-15-20(21)23-18-12-4-3-5-13-18/h2-16,23H,1H3,(H,24,25). The molecule has 0 saturated carbocycles. The predicted molar refractivity (Wildman–Crippen MR) is 105 cm³/mol. The number of rotatable bonds is 5. The van der Waals surface area contributed by atoms with Gasteiger partial charge in [-0.2, -0.15) is 0 Å². The van der Waals surface area contributed by atoms with Crippen LogP contribution < -0.4 is 10.6 Å². The highest BCUT2D eigenvalue weighted by Crippen LogP contribution is 2.26. The van der Waals surface area contributed by atoms with Crippen LogP contribution in [-0.4, -0.2) is 5.91 Å². The number of nitrogens with one attached hydrogen (secondary N) is 2.